The molecule has 4 N–H and O–H groups in total. The molecule has 7 nitrogen and oxygen atoms in total. The van der Waals surface area contributed by atoms with E-state index in [1.807, 2.05) is 6.92 Å². The fourth-order valence-corrected chi connectivity index (χ4v) is 4.51. The van der Waals surface area contributed by atoms with E-state index in [2.05, 4.69) is 12.2 Å². The lowest BCUT2D eigenvalue weighted by Crippen LogP contribution is -2.35. The van der Waals surface area contributed by atoms with Gasteiger partial charge in [0.15, 0.2) is 11.6 Å². The minimum Gasteiger partial charge on any atom is -0.477 e. The highest BCUT2D eigenvalue weighted by molar-refractivity contribution is 5.99. The van der Waals surface area contributed by atoms with E-state index >= 15 is 8.78 Å². The van der Waals surface area contributed by atoms with Crippen LogP contribution in [0.5, 0.6) is 0 Å². The molecule has 2 heterocycles. The Hall–Kier alpha value is -2.68. The summed E-state index contributed by atoms with van der Waals surface area (Å²) in [7, 11) is 0. The molecule has 2 atom stereocenters. The van der Waals surface area contributed by atoms with Gasteiger partial charge in [-0.05, 0) is 38.6 Å². The first-order chi connectivity index (χ1) is 14.3. The largest absolute Gasteiger partial charge is 0.477 e. The van der Waals surface area contributed by atoms with Gasteiger partial charge >= 0.3 is 5.97 Å². The summed E-state index contributed by atoms with van der Waals surface area (Å²) in [4.78, 5) is 25.9. The van der Waals surface area contributed by atoms with Crippen molar-refractivity contribution in [3.05, 3.63) is 33.6 Å². The van der Waals surface area contributed by atoms with Crippen LogP contribution in [0, 0.1) is 17.6 Å². The molecule has 0 spiro atoms. The highest BCUT2D eigenvalue weighted by Gasteiger charge is 2.35. The van der Waals surface area contributed by atoms with Gasteiger partial charge in [-0.1, -0.05) is 6.92 Å². The maximum Gasteiger partial charge on any atom is 0.341 e. The number of hydrogen-bond acceptors (Lipinski definition) is 5. The number of nitrogen functional groups attached to an aromatic ring is 1. The van der Waals surface area contributed by atoms with Crippen LogP contribution in [0.25, 0.3) is 10.9 Å². The summed E-state index contributed by atoms with van der Waals surface area (Å²) in [5.41, 5.74) is 3.64. The average molecular weight is 420 g/mol. The van der Waals surface area contributed by atoms with Gasteiger partial charge in [-0.15, -0.1) is 0 Å². The van der Waals surface area contributed by atoms with Crippen molar-refractivity contribution in [3.8, 4) is 0 Å². The number of hydrogen-bond donors (Lipinski definition) is 3. The van der Waals surface area contributed by atoms with Crippen molar-refractivity contribution in [2.75, 3.05) is 30.3 Å². The molecule has 9 heteroatoms. The second-order valence-corrected chi connectivity index (χ2v) is 8.27. The SMILES string of the molecule is CCN[C@@H](C)[C@H]1CCN(c2c(F)c(N)c3c(=O)c(C(=O)O)cn(C4CC4)c3c2F)C1. The fraction of sp³-hybridized carbons (Fsp3) is 0.524. The minimum absolute atomic E-state index is 0.107. The summed E-state index contributed by atoms with van der Waals surface area (Å²) < 4.78 is 32.5. The number of halogens is 2. The summed E-state index contributed by atoms with van der Waals surface area (Å²) in [5, 5.41) is 12.3. The molecule has 4 rings (SSSR count). The van der Waals surface area contributed by atoms with E-state index in [1.54, 1.807) is 4.90 Å². The van der Waals surface area contributed by atoms with Gasteiger partial charge in [0.05, 0.1) is 16.6 Å². The maximum absolute atomic E-state index is 15.7. The van der Waals surface area contributed by atoms with Crippen molar-refractivity contribution in [1.82, 2.24) is 9.88 Å². The lowest BCUT2D eigenvalue weighted by Gasteiger charge is -2.25. The standard InChI is InChI=1S/C21H26F2N4O3/c1-3-25-10(2)11-6-7-26(8-11)19-15(22)17(24)14-18(16(19)23)27(12-4-5-12)9-13(20(14)28)21(29)30/h9-12,25H,3-8,24H2,1-2H3,(H,29,30)/t10-,11-/m0/s1. The first kappa shape index (κ1) is 20.6. The van der Waals surface area contributed by atoms with Crippen molar-refractivity contribution in [2.45, 2.75) is 45.2 Å². The smallest absolute Gasteiger partial charge is 0.341 e. The Morgan fingerprint density at radius 2 is 2.03 bits per heavy atom. The van der Waals surface area contributed by atoms with Crippen LogP contribution in [0.1, 0.15) is 49.5 Å². The quantitative estimate of drug-likeness (QED) is 0.622. The van der Waals surface area contributed by atoms with Gasteiger partial charge in [-0.2, -0.15) is 0 Å². The molecule has 0 amide bonds. The number of nitrogens with zero attached hydrogens (tertiary/aromatic N) is 2. The highest BCUT2D eigenvalue weighted by Crippen LogP contribution is 2.42. The first-order valence-corrected chi connectivity index (χ1v) is 10.3. The van der Waals surface area contributed by atoms with Crippen LogP contribution in [0.4, 0.5) is 20.2 Å². The van der Waals surface area contributed by atoms with Crippen LogP contribution in [0.15, 0.2) is 11.0 Å². The second-order valence-electron chi connectivity index (χ2n) is 8.27. The van der Waals surface area contributed by atoms with Gasteiger partial charge in [0, 0.05) is 31.4 Å². The van der Waals surface area contributed by atoms with E-state index in [9.17, 15) is 14.7 Å². The molecule has 0 bridgehead atoms. The number of carboxylic acids is 1. The predicted molar refractivity (Wildman–Crippen MR) is 111 cm³/mol. The second kappa shape index (κ2) is 7.54. The molecular formula is C21H26F2N4O3. The van der Waals surface area contributed by atoms with Crippen LogP contribution in [0.3, 0.4) is 0 Å². The van der Waals surface area contributed by atoms with Crippen molar-refractivity contribution in [2.24, 2.45) is 5.92 Å². The first-order valence-electron chi connectivity index (χ1n) is 10.3. The third kappa shape index (κ3) is 3.21. The van der Waals surface area contributed by atoms with Crippen molar-refractivity contribution >= 4 is 28.2 Å². The van der Waals surface area contributed by atoms with E-state index in [0.29, 0.717) is 13.1 Å². The van der Waals surface area contributed by atoms with Crippen molar-refractivity contribution < 1.29 is 18.7 Å². The van der Waals surface area contributed by atoms with Crippen molar-refractivity contribution in [3.63, 3.8) is 0 Å². The molecule has 1 aliphatic carbocycles. The Kier molecular flexibility index (Phi) is 5.17. The number of rotatable bonds is 6. The predicted octanol–water partition coefficient (Wildman–Crippen LogP) is 2.72. The third-order valence-corrected chi connectivity index (χ3v) is 6.31. The number of carbonyl (C=O) groups is 1. The number of anilines is 2. The molecule has 2 fully saturated rings. The number of carboxylic acid groups (broad SMARTS) is 1. The number of benzene rings is 1. The van der Waals surface area contributed by atoms with Crippen molar-refractivity contribution in [1.29, 1.82) is 0 Å². The Morgan fingerprint density at radius 1 is 1.33 bits per heavy atom. The van der Waals surface area contributed by atoms with Crippen LogP contribution in [0.2, 0.25) is 0 Å². The number of aromatic nitrogens is 1. The van der Waals surface area contributed by atoms with Crippen LogP contribution < -0.4 is 21.4 Å². The Bertz CT molecular complexity index is 1080. The van der Waals surface area contributed by atoms with Gasteiger partial charge in [0.2, 0.25) is 5.43 Å². The minimum atomic E-state index is -1.44. The molecule has 1 saturated carbocycles. The topological polar surface area (TPSA) is 101 Å². The Balaban J connectivity index is 1.89. The van der Waals surface area contributed by atoms with E-state index in [4.69, 9.17) is 5.73 Å². The molecule has 1 aromatic heterocycles. The van der Waals surface area contributed by atoms with Crippen LogP contribution in [-0.4, -0.2) is 41.3 Å². The summed E-state index contributed by atoms with van der Waals surface area (Å²) >= 11 is 0. The van der Waals surface area contributed by atoms with E-state index in [1.165, 1.54) is 4.57 Å². The molecule has 0 unspecified atom stereocenters. The van der Waals surface area contributed by atoms with Gasteiger partial charge in [0.25, 0.3) is 0 Å². The molecular weight excluding hydrogens is 394 g/mol. The zero-order chi connectivity index (χ0) is 21.7. The molecule has 1 saturated heterocycles. The lowest BCUT2D eigenvalue weighted by molar-refractivity contribution is 0.0695. The molecule has 1 aliphatic heterocycles. The average Bonchev–Trinajstić information content (AvgIpc) is 3.43. The number of pyridine rings is 1. The number of fused-ring (bicyclic) bond motifs is 1. The van der Waals surface area contributed by atoms with E-state index in [-0.39, 0.29) is 29.2 Å². The summed E-state index contributed by atoms with van der Waals surface area (Å²) in [5.74, 6) is -3.07. The molecule has 162 valence electrons. The highest BCUT2D eigenvalue weighted by atomic mass is 19.1. The lowest BCUT2D eigenvalue weighted by atomic mass is 10.0. The molecule has 2 aromatic rings. The van der Waals surface area contributed by atoms with Gasteiger partial charge in [0.1, 0.15) is 11.3 Å². The number of aromatic carboxylic acids is 1. The van der Waals surface area contributed by atoms with E-state index < -0.39 is 39.7 Å². The maximum atomic E-state index is 15.7. The Labute approximate surface area is 172 Å². The van der Waals surface area contributed by atoms with E-state index in [0.717, 1.165) is 32.0 Å². The molecule has 30 heavy (non-hydrogen) atoms. The zero-order valence-electron chi connectivity index (χ0n) is 17.0. The number of nitrogens with two attached hydrogens (primary N) is 1. The Morgan fingerprint density at radius 3 is 2.63 bits per heavy atom. The monoisotopic (exact) mass is 420 g/mol. The van der Waals surface area contributed by atoms with Gasteiger partial charge < -0.3 is 25.6 Å². The third-order valence-electron chi connectivity index (χ3n) is 6.31. The fourth-order valence-electron chi connectivity index (χ4n) is 4.51. The summed E-state index contributed by atoms with van der Waals surface area (Å²) in [6, 6.07) is 0.0743. The normalized spacial score (nSPS) is 20.1. The molecule has 1 aromatic carbocycles. The zero-order valence-corrected chi connectivity index (χ0v) is 17.0. The van der Waals surface area contributed by atoms with Crippen LogP contribution in [-0.2, 0) is 0 Å². The van der Waals surface area contributed by atoms with Gasteiger partial charge in [-0.25, -0.2) is 13.6 Å². The number of nitrogens with one attached hydrogen (secondary N) is 1. The molecule has 2 aliphatic rings. The summed E-state index contributed by atoms with van der Waals surface area (Å²) in [6.45, 7) is 5.81. The summed E-state index contributed by atoms with van der Waals surface area (Å²) in [6.07, 6.45) is 3.40. The molecule has 0 radical (unpaired) electrons. The van der Waals surface area contributed by atoms with Crippen LogP contribution >= 0.6 is 0 Å². The van der Waals surface area contributed by atoms with Gasteiger partial charge in [-0.3, -0.25) is 4.79 Å².